The molecule has 1 unspecified atom stereocenters. The van der Waals surface area contributed by atoms with E-state index in [1.165, 1.54) is 6.08 Å². The Morgan fingerprint density at radius 2 is 2.26 bits per heavy atom. The molecule has 8 heteroatoms. The van der Waals surface area contributed by atoms with Crippen LogP contribution in [0.3, 0.4) is 0 Å². The van der Waals surface area contributed by atoms with Gasteiger partial charge in [0.25, 0.3) is 0 Å². The minimum absolute atomic E-state index is 0.120. The molecule has 0 aliphatic heterocycles. The average Bonchev–Trinajstić information content (AvgIpc) is 3.10. The fourth-order valence-corrected chi connectivity index (χ4v) is 2.80. The number of carbonyl (C=O) groups excluding carboxylic acids is 1. The van der Waals surface area contributed by atoms with Crippen molar-refractivity contribution in [2.24, 2.45) is 0 Å². The van der Waals surface area contributed by atoms with Gasteiger partial charge in [0.1, 0.15) is 11.9 Å². The van der Waals surface area contributed by atoms with Crippen molar-refractivity contribution >= 4 is 16.9 Å². The predicted molar refractivity (Wildman–Crippen MR) is 99.5 cm³/mol. The van der Waals surface area contributed by atoms with Gasteiger partial charge in [0.05, 0.1) is 37.0 Å². The molecule has 0 fully saturated rings. The normalized spacial score (nSPS) is 12.0. The monoisotopic (exact) mass is 368 g/mol. The molecule has 0 radical (unpaired) electrons. The lowest BCUT2D eigenvalue weighted by molar-refractivity contribution is -0.116. The molecular formula is C19H20N4O4. The van der Waals surface area contributed by atoms with Gasteiger partial charge in [-0.15, -0.1) is 0 Å². The molecule has 0 aliphatic rings. The molecule has 1 aromatic carbocycles. The number of methoxy groups -OCH3 is 1. The van der Waals surface area contributed by atoms with Crippen LogP contribution >= 0.6 is 0 Å². The molecule has 0 spiro atoms. The fraction of sp³-hybridized carbons (Fsp3) is 0.211. The Balaban J connectivity index is 2.19. The summed E-state index contributed by atoms with van der Waals surface area (Å²) in [5.74, 6) is 0.316. The first-order chi connectivity index (χ1) is 13.1. The highest BCUT2D eigenvalue weighted by Gasteiger charge is 2.20. The summed E-state index contributed by atoms with van der Waals surface area (Å²) in [6, 6.07) is 8.91. The van der Waals surface area contributed by atoms with Crippen LogP contribution in [-0.2, 0) is 11.3 Å². The van der Waals surface area contributed by atoms with Crippen LogP contribution in [0.2, 0.25) is 0 Å². The molecule has 1 atom stereocenters. The second-order valence-corrected chi connectivity index (χ2v) is 5.78. The maximum absolute atomic E-state index is 11.6. The Morgan fingerprint density at radius 3 is 2.96 bits per heavy atom. The van der Waals surface area contributed by atoms with Crippen LogP contribution in [0.4, 0.5) is 0 Å². The second-order valence-electron chi connectivity index (χ2n) is 5.78. The molecule has 2 heterocycles. The second kappa shape index (κ2) is 7.98. The van der Waals surface area contributed by atoms with E-state index in [-0.39, 0.29) is 12.5 Å². The minimum atomic E-state index is -1.09. The Bertz CT molecular complexity index is 983. The van der Waals surface area contributed by atoms with E-state index in [1.807, 2.05) is 18.2 Å². The molecule has 0 saturated heterocycles. The molecule has 0 aliphatic carbocycles. The zero-order chi connectivity index (χ0) is 19.4. The van der Waals surface area contributed by atoms with Gasteiger partial charge in [0.15, 0.2) is 5.65 Å². The lowest BCUT2D eigenvalue weighted by Gasteiger charge is -2.10. The fourth-order valence-electron chi connectivity index (χ4n) is 2.80. The number of carbonyl (C=O) groups is 1. The third kappa shape index (κ3) is 3.67. The van der Waals surface area contributed by atoms with Crippen LogP contribution in [0.5, 0.6) is 5.75 Å². The summed E-state index contributed by atoms with van der Waals surface area (Å²) in [5, 5.41) is 27.4. The molecule has 3 aromatic rings. The van der Waals surface area contributed by atoms with Crippen molar-refractivity contribution in [2.75, 3.05) is 13.7 Å². The lowest BCUT2D eigenvalue weighted by atomic mass is 10.1. The van der Waals surface area contributed by atoms with Gasteiger partial charge in [-0.3, -0.25) is 4.79 Å². The van der Waals surface area contributed by atoms with Crippen molar-refractivity contribution in [3.8, 4) is 11.4 Å². The van der Waals surface area contributed by atoms with Crippen LogP contribution in [0.1, 0.15) is 17.4 Å². The predicted octanol–water partition coefficient (Wildman–Crippen LogP) is 1.26. The van der Waals surface area contributed by atoms with Gasteiger partial charge in [0.2, 0.25) is 5.91 Å². The Hall–Kier alpha value is -3.23. The molecule has 8 nitrogen and oxygen atoms in total. The number of hydrogen-bond acceptors (Lipinski definition) is 6. The molecule has 3 N–H and O–H groups in total. The zero-order valence-corrected chi connectivity index (χ0v) is 14.8. The van der Waals surface area contributed by atoms with Crippen molar-refractivity contribution in [3.63, 3.8) is 0 Å². The summed E-state index contributed by atoms with van der Waals surface area (Å²) < 4.78 is 6.88. The van der Waals surface area contributed by atoms with Crippen molar-refractivity contribution in [2.45, 2.75) is 12.6 Å². The smallest absolute Gasteiger partial charge is 0.243 e. The summed E-state index contributed by atoms with van der Waals surface area (Å²) >= 11 is 0. The van der Waals surface area contributed by atoms with E-state index < -0.39 is 12.7 Å². The van der Waals surface area contributed by atoms with E-state index in [0.29, 0.717) is 33.7 Å². The Morgan fingerprint density at radius 1 is 1.44 bits per heavy atom. The number of aliphatic hydroxyl groups is 2. The van der Waals surface area contributed by atoms with Crippen LogP contribution in [0.25, 0.3) is 16.7 Å². The van der Waals surface area contributed by atoms with E-state index in [4.69, 9.17) is 4.74 Å². The number of benzene rings is 1. The van der Waals surface area contributed by atoms with Crippen molar-refractivity contribution in [3.05, 3.63) is 60.4 Å². The van der Waals surface area contributed by atoms with E-state index in [1.54, 1.807) is 30.1 Å². The standard InChI is InChI=1S/C19H20N4O4/c1-3-17(26)21-10-15-18-14(16(25)11-24)7-8-20-19(18)23(22-15)12-5-4-6-13(9-12)27-2/h3-9,16,24-25H,1,10-11H2,2H3,(H,21,26). The number of amides is 1. The van der Waals surface area contributed by atoms with Crippen LogP contribution < -0.4 is 10.1 Å². The van der Waals surface area contributed by atoms with E-state index >= 15 is 0 Å². The van der Waals surface area contributed by atoms with Crippen molar-refractivity contribution in [1.29, 1.82) is 0 Å². The van der Waals surface area contributed by atoms with Crippen LogP contribution in [-0.4, -0.2) is 44.6 Å². The third-order valence-electron chi connectivity index (χ3n) is 4.12. The molecule has 3 rings (SSSR count). The number of aliphatic hydroxyl groups excluding tert-OH is 2. The number of ether oxygens (including phenoxy) is 1. The van der Waals surface area contributed by atoms with Crippen LogP contribution in [0.15, 0.2) is 49.2 Å². The highest BCUT2D eigenvalue weighted by Crippen LogP contribution is 2.28. The molecule has 140 valence electrons. The van der Waals surface area contributed by atoms with Gasteiger partial charge in [-0.2, -0.15) is 5.10 Å². The lowest BCUT2D eigenvalue weighted by Crippen LogP contribution is -2.20. The number of aromatic nitrogens is 3. The molecule has 0 saturated carbocycles. The number of hydrogen-bond donors (Lipinski definition) is 3. The first-order valence-corrected chi connectivity index (χ1v) is 8.29. The van der Waals surface area contributed by atoms with E-state index in [0.717, 1.165) is 0 Å². The summed E-state index contributed by atoms with van der Waals surface area (Å²) in [5.41, 5.74) is 2.21. The highest BCUT2D eigenvalue weighted by molar-refractivity contribution is 5.88. The molecule has 2 aromatic heterocycles. The van der Waals surface area contributed by atoms with Gasteiger partial charge >= 0.3 is 0 Å². The largest absolute Gasteiger partial charge is 0.497 e. The topological polar surface area (TPSA) is 110 Å². The summed E-state index contributed by atoms with van der Waals surface area (Å²) in [6.45, 7) is 3.11. The minimum Gasteiger partial charge on any atom is -0.497 e. The third-order valence-corrected chi connectivity index (χ3v) is 4.12. The number of nitrogens with zero attached hydrogens (tertiary/aromatic N) is 3. The number of fused-ring (bicyclic) bond motifs is 1. The zero-order valence-electron chi connectivity index (χ0n) is 14.8. The molecule has 27 heavy (non-hydrogen) atoms. The Kier molecular flexibility index (Phi) is 5.49. The molecule has 0 bridgehead atoms. The molecular weight excluding hydrogens is 348 g/mol. The van der Waals surface area contributed by atoms with E-state index in [2.05, 4.69) is 22.0 Å². The van der Waals surface area contributed by atoms with E-state index in [9.17, 15) is 15.0 Å². The van der Waals surface area contributed by atoms with Crippen LogP contribution in [0, 0.1) is 0 Å². The first kappa shape index (κ1) is 18.6. The van der Waals surface area contributed by atoms with Gasteiger partial charge in [-0.1, -0.05) is 12.6 Å². The SMILES string of the molecule is C=CC(=O)NCc1nn(-c2cccc(OC)c2)c2nccc(C(O)CO)c12. The maximum atomic E-state index is 11.6. The highest BCUT2D eigenvalue weighted by atomic mass is 16.5. The van der Waals surface area contributed by atoms with Gasteiger partial charge in [-0.05, 0) is 29.8 Å². The summed E-state index contributed by atoms with van der Waals surface area (Å²) in [6.07, 6.45) is 1.62. The number of pyridine rings is 1. The number of nitrogens with one attached hydrogen (secondary N) is 1. The van der Waals surface area contributed by atoms with Crippen molar-refractivity contribution < 1.29 is 19.7 Å². The summed E-state index contributed by atoms with van der Waals surface area (Å²) in [4.78, 5) is 16.0. The Labute approximate surface area is 155 Å². The number of rotatable bonds is 7. The van der Waals surface area contributed by atoms with Gasteiger partial charge in [-0.25, -0.2) is 9.67 Å². The molecule has 1 amide bonds. The quantitative estimate of drug-likeness (QED) is 0.542. The van der Waals surface area contributed by atoms with Crippen molar-refractivity contribution in [1.82, 2.24) is 20.1 Å². The first-order valence-electron chi connectivity index (χ1n) is 8.29. The van der Waals surface area contributed by atoms with Gasteiger partial charge < -0.3 is 20.3 Å². The maximum Gasteiger partial charge on any atom is 0.243 e. The average molecular weight is 368 g/mol. The van der Waals surface area contributed by atoms with Gasteiger partial charge in [0, 0.05) is 12.3 Å². The summed E-state index contributed by atoms with van der Waals surface area (Å²) in [7, 11) is 1.57.